The molecule has 0 atom stereocenters. The summed E-state index contributed by atoms with van der Waals surface area (Å²) in [6.07, 6.45) is 5.94. The summed E-state index contributed by atoms with van der Waals surface area (Å²) >= 11 is 6.42. The standard InChI is InChI=1S/C23H25ClN2O2/c1-23(2,3)16-7-8-22(19(24)13-16)28-17-10-15(11-17)12-21(27)18-14-25-26-9-5-4-6-20(18)26/h4-9,13-15,17H,10-12H2,1-3H3. The van der Waals surface area contributed by atoms with Crippen LogP contribution in [-0.4, -0.2) is 21.5 Å². The summed E-state index contributed by atoms with van der Waals surface area (Å²) in [6.45, 7) is 6.49. The summed E-state index contributed by atoms with van der Waals surface area (Å²) < 4.78 is 7.80. The number of ketones is 1. The predicted molar refractivity (Wildman–Crippen MR) is 111 cm³/mol. The lowest BCUT2D eigenvalue weighted by Crippen LogP contribution is -2.35. The number of Topliss-reactive ketones (excluding diaryl/α,β-unsaturated/α-hetero) is 1. The summed E-state index contributed by atoms with van der Waals surface area (Å²) in [6, 6.07) is 11.8. The van der Waals surface area contributed by atoms with Crippen LogP contribution < -0.4 is 4.74 Å². The minimum Gasteiger partial charge on any atom is -0.489 e. The number of hydrogen-bond acceptors (Lipinski definition) is 3. The minimum absolute atomic E-state index is 0.0577. The second kappa shape index (κ2) is 7.25. The number of carbonyl (C=O) groups excluding carboxylic acids is 1. The molecule has 2 aromatic heterocycles. The van der Waals surface area contributed by atoms with Gasteiger partial charge in [0.2, 0.25) is 0 Å². The van der Waals surface area contributed by atoms with Crippen LogP contribution in [0.4, 0.5) is 0 Å². The van der Waals surface area contributed by atoms with E-state index in [1.54, 1.807) is 10.7 Å². The molecule has 4 rings (SSSR count). The van der Waals surface area contributed by atoms with E-state index in [0.29, 0.717) is 22.9 Å². The van der Waals surface area contributed by atoms with Gasteiger partial charge < -0.3 is 4.74 Å². The molecule has 4 nitrogen and oxygen atoms in total. The van der Waals surface area contributed by atoms with Crippen molar-refractivity contribution in [2.24, 2.45) is 5.92 Å². The molecule has 0 amide bonds. The van der Waals surface area contributed by atoms with Crippen LogP contribution in [0.2, 0.25) is 5.02 Å². The number of fused-ring (bicyclic) bond motifs is 1. The van der Waals surface area contributed by atoms with Crippen molar-refractivity contribution in [2.75, 3.05) is 0 Å². The molecule has 0 N–H and O–H groups in total. The van der Waals surface area contributed by atoms with E-state index in [9.17, 15) is 4.79 Å². The third-order valence-electron chi connectivity index (χ3n) is 5.48. The van der Waals surface area contributed by atoms with E-state index in [0.717, 1.165) is 24.1 Å². The zero-order valence-electron chi connectivity index (χ0n) is 16.5. The zero-order chi connectivity index (χ0) is 19.9. The number of ether oxygens (including phenoxy) is 1. The van der Waals surface area contributed by atoms with Crippen LogP contribution in [0.15, 0.2) is 48.8 Å². The number of halogens is 1. The van der Waals surface area contributed by atoms with Crippen molar-refractivity contribution < 1.29 is 9.53 Å². The Labute approximate surface area is 170 Å². The zero-order valence-corrected chi connectivity index (χ0v) is 17.2. The van der Waals surface area contributed by atoms with Gasteiger partial charge >= 0.3 is 0 Å². The van der Waals surface area contributed by atoms with E-state index < -0.39 is 0 Å². The van der Waals surface area contributed by atoms with Gasteiger partial charge in [0.05, 0.1) is 28.4 Å². The van der Waals surface area contributed by atoms with Crippen LogP contribution in [-0.2, 0) is 5.41 Å². The summed E-state index contributed by atoms with van der Waals surface area (Å²) in [5, 5.41) is 4.90. The van der Waals surface area contributed by atoms with E-state index in [2.05, 4.69) is 31.9 Å². The Hall–Kier alpha value is -2.33. The van der Waals surface area contributed by atoms with Crippen LogP contribution in [0, 0.1) is 5.92 Å². The first-order chi connectivity index (χ1) is 13.3. The molecule has 1 aromatic carbocycles. The van der Waals surface area contributed by atoms with E-state index in [4.69, 9.17) is 16.3 Å². The maximum absolute atomic E-state index is 12.7. The van der Waals surface area contributed by atoms with Gasteiger partial charge in [-0.05, 0) is 54.0 Å². The monoisotopic (exact) mass is 396 g/mol. The molecule has 1 aliphatic rings. The first-order valence-electron chi connectivity index (χ1n) is 9.73. The van der Waals surface area contributed by atoms with E-state index in [-0.39, 0.29) is 17.3 Å². The average molecular weight is 397 g/mol. The molecule has 3 aromatic rings. The Morgan fingerprint density at radius 1 is 1.25 bits per heavy atom. The van der Waals surface area contributed by atoms with Gasteiger partial charge in [0.25, 0.3) is 0 Å². The van der Waals surface area contributed by atoms with Crippen molar-refractivity contribution >= 4 is 22.9 Å². The molecule has 5 heteroatoms. The summed E-state index contributed by atoms with van der Waals surface area (Å²) in [4.78, 5) is 12.7. The van der Waals surface area contributed by atoms with Crippen molar-refractivity contribution in [1.82, 2.24) is 9.61 Å². The first-order valence-corrected chi connectivity index (χ1v) is 10.1. The fourth-order valence-electron chi connectivity index (χ4n) is 3.70. The Bertz CT molecular complexity index is 1010. The average Bonchev–Trinajstić information content (AvgIpc) is 3.04. The van der Waals surface area contributed by atoms with Crippen LogP contribution in [0.25, 0.3) is 5.52 Å². The van der Waals surface area contributed by atoms with E-state index in [1.807, 2.05) is 36.5 Å². The van der Waals surface area contributed by atoms with Gasteiger partial charge in [-0.2, -0.15) is 5.10 Å². The van der Waals surface area contributed by atoms with Gasteiger partial charge in [0, 0.05) is 12.6 Å². The fraction of sp³-hybridized carbons (Fsp3) is 0.391. The van der Waals surface area contributed by atoms with Gasteiger partial charge in [-0.3, -0.25) is 4.79 Å². The number of benzene rings is 1. The highest BCUT2D eigenvalue weighted by Crippen LogP contribution is 2.38. The highest BCUT2D eigenvalue weighted by molar-refractivity contribution is 6.32. The number of pyridine rings is 1. The van der Waals surface area contributed by atoms with Gasteiger partial charge in [0.15, 0.2) is 5.78 Å². The first kappa shape index (κ1) is 19.0. The number of rotatable bonds is 5. The van der Waals surface area contributed by atoms with Gasteiger partial charge in [-0.25, -0.2) is 4.52 Å². The number of carbonyl (C=O) groups is 1. The molecule has 1 saturated carbocycles. The molecular weight excluding hydrogens is 372 g/mol. The predicted octanol–water partition coefficient (Wildman–Crippen LogP) is 5.72. The van der Waals surface area contributed by atoms with Crippen LogP contribution in [0.3, 0.4) is 0 Å². The van der Waals surface area contributed by atoms with Crippen LogP contribution >= 0.6 is 11.6 Å². The molecule has 28 heavy (non-hydrogen) atoms. The molecule has 0 aliphatic heterocycles. The second-order valence-corrected chi connectivity index (χ2v) is 9.10. The van der Waals surface area contributed by atoms with E-state index >= 15 is 0 Å². The van der Waals surface area contributed by atoms with Crippen molar-refractivity contribution in [2.45, 2.75) is 51.6 Å². The lowest BCUT2D eigenvalue weighted by molar-refractivity contribution is 0.0558. The normalized spacial score (nSPS) is 19.4. The lowest BCUT2D eigenvalue weighted by atomic mass is 9.78. The number of nitrogens with zero attached hydrogens (tertiary/aromatic N) is 2. The second-order valence-electron chi connectivity index (χ2n) is 8.69. The molecule has 2 heterocycles. The maximum Gasteiger partial charge on any atom is 0.166 e. The number of hydrogen-bond donors (Lipinski definition) is 0. The SMILES string of the molecule is CC(C)(C)c1ccc(OC2CC(CC(=O)c3cnn4ccccc34)C2)c(Cl)c1. The molecule has 1 fully saturated rings. The minimum atomic E-state index is 0.0577. The molecule has 0 unspecified atom stereocenters. The van der Waals surface area contributed by atoms with Gasteiger partial charge in [-0.15, -0.1) is 0 Å². The van der Waals surface area contributed by atoms with Crippen molar-refractivity contribution in [3.8, 4) is 5.75 Å². The largest absolute Gasteiger partial charge is 0.489 e. The smallest absolute Gasteiger partial charge is 0.166 e. The Kier molecular flexibility index (Phi) is 4.92. The Morgan fingerprint density at radius 2 is 2.04 bits per heavy atom. The van der Waals surface area contributed by atoms with Crippen molar-refractivity contribution in [3.05, 3.63) is 64.9 Å². The van der Waals surface area contributed by atoms with Crippen LogP contribution in [0.5, 0.6) is 5.75 Å². The van der Waals surface area contributed by atoms with Crippen molar-refractivity contribution in [1.29, 1.82) is 0 Å². The summed E-state index contributed by atoms with van der Waals surface area (Å²) in [5.41, 5.74) is 2.81. The third-order valence-corrected chi connectivity index (χ3v) is 5.78. The lowest BCUT2D eigenvalue weighted by Gasteiger charge is -2.35. The van der Waals surface area contributed by atoms with E-state index in [1.165, 1.54) is 5.56 Å². The molecular formula is C23H25ClN2O2. The van der Waals surface area contributed by atoms with Gasteiger partial charge in [-0.1, -0.05) is 44.5 Å². The topological polar surface area (TPSA) is 43.6 Å². The Morgan fingerprint density at radius 3 is 2.75 bits per heavy atom. The molecule has 1 aliphatic carbocycles. The third kappa shape index (κ3) is 3.79. The maximum atomic E-state index is 12.7. The van der Waals surface area contributed by atoms with Gasteiger partial charge in [0.1, 0.15) is 5.75 Å². The van der Waals surface area contributed by atoms with Crippen molar-refractivity contribution in [3.63, 3.8) is 0 Å². The Balaban J connectivity index is 1.33. The molecule has 0 spiro atoms. The molecule has 146 valence electrons. The molecule has 0 saturated heterocycles. The molecule has 0 radical (unpaired) electrons. The fourth-order valence-corrected chi connectivity index (χ4v) is 3.93. The summed E-state index contributed by atoms with van der Waals surface area (Å²) in [5.74, 6) is 1.23. The quantitative estimate of drug-likeness (QED) is 0.518. The number of aromatic nitrogens is 2. The highest BCUT2D eigenvalue weighted by atomic mass is 35.5. The molecule has 0 bridgehead atoms. The van der Waals surface area contributed by atoms with Crippen LogP contribution in [0.1, 0.15) is 56.0 Å². The summed E-state index contributed by atoms with van der Waals surface area (Å²) in [7, 11) is 0. The highest BCUT2D eigenvalue weighted by Gasteiger charge is 2.33.